The highest BCUT2D eigenvalue weighted by molar-refractivity contribution is 9.10. The second-order valence-corrected chi connectivity index (χ2v) is 6.33. The average Bonchev–Trinajstić information content (AvgIpc) is 2.76. The summed E-state index contributed by atoms with van der Waals surface area (Å²) < 4.78 is 5.90. The maximum Gasteiger partial charge on any atom is 0.223 e. The van der Waals surface area contributed by atoms with Gasteiger partial charge in [-0.25, -0.2) is 15.0 Å². The molecular weight excluding hydrogens is 334 g/mol. The molecule has 18 heavy (non-hydrogen) atoms. The van der Waals surface area contributed by atoms with Gasteiger partial charge in [-0.3, -0.25) is 0 Å². The summed E-state index contributed by atoms with van der Waals surface area (Å²) in [5, 5.41) is 4.01. The first-order valence-corrected chi connectivity index (χ1v) is 7.82. The average molecular weight is 346 g/mol. The van der Waals surface area contributed by atoms with E-state index in [0.29, 0.717) is 5.95 Å². The molecular formula is C10H12BrN5S2. The molecule has 8 heteroatoms. The quantitative estimate of drug-likeness (QED) is 0.838. The van der Waals surface area contributed by atoms with Crippen molar-refractivity contribution in [3.8, 4) is 0 Å². The normalized spacial score (nSPS) is 10.6. The first-order valence-electron chi connectivity index (χ1n) is 5.43. The van der Waals surface area contributed by atoms with Gasteiger partial charge in [-0.15, -0.1) is 0 Å². The third-order valence-electron chi connectivity index (χ3n) is 1.94. The van der Waals surface area contributed by atoms with E-state index in [1.807, 2.05) is 6.92 Å². The standard InChI is InChI=1S/C10H12BrN5S2/c1-3-4-12-9-13-5-7(11)8(15-9)17-10-14-6(2)16-18-10/h5H,3-4H2,1-2H3,(H,12,13,15). The molecule has 0 spiro atoms. The highest BCUT2D eigenvalue weighted by Crippen LogP contribution is 2.32. The molecule has 0 bridgehead atoms. The summed E-state index contributed by atoms with van der Waals surface area (Å²) >= 11 is 6.31. The van der Waals surface area contributed by atoms with E-state index in [-0.39, 0.29) is 0 Å². The second kappa shape index (κ2) is 6.44. The molecule has 0 aromatic carbocycles. The van der Waals surface area contributed by atoms with Gasteiger partial charge in [0.2, 0.25) is 5.95 Å². The van der Waals surface area contributed by atoms with E-state index >= 15 is 0 Å². The first kappa shape index (κ1) is 13.7. The third kappa shape index (κ3) is 3.63. The zero-order valence-electron chi connectivity index (χ0n) is 9.97. The number of hydrogen-bond donors (Lipinski definition) is 1. The van der Waals surface area contributed by atoms with Crippen molar-refractivity contribution in [3.63, 3.8) is 0 Å². The molecule has 0 amide bonds. The first-order chi connectivity index (χ1) is 8.69. The minimum atomic E-state index is 0.642. The van der Waals surface area contributed by atoms with Gasteiger partial charge in [-0.2, -0.15) is 4.37 Å². The Balaban J connectivity index is 2.15. The molecule has 0 saturated carbocycles. The van der Waals surface area contributed by atoms with Crippen LogP contribution in [0.2, 0.25) is 0 Å². The third-order valence-corrected chi connectivity index (χ3v) is 4.63. The summed E-state index contributed by atoms with van der Waals surface area (Å²) in [7, 11) is 0. The van der Waals surface area contributed by atoms with Crippen molar-refractivity contribution < 1.29 is 0 Å². The maximum absolute atomic E-state index is 4.45. The number of anilines is 1. The van der Waals surface area contributed by atoms with Gasteiger partial charge in [0.15, 0.2) is 4.34 Å². The zero-order valence-corrected chi connectivity index (χ0v) is 13.2. The van der Waals surface area contributed by atoms with Gasteiger partial charge in [0.05, 0.1) is 4.47 Å². The van der Waals surface area contributed by atoms with E-state index in [1.54, 1.807) is 6.20 Å². The minimum Gasteiger partial charge on any atom is -0.354 e. The molecule has 0 aliphatic carbocycles. The van der Waals surface area contributed by atoms with E-state index in [0.717, 1.165) is 32.6 Å². The number of hydrogen-bond acceptors (Lipinski definition) is 7. The Morgan fingerprint density at radius 2 is 2.28 bits per heavy atom. The van der Waals surface area contributed by atoms with Gasteiger partial charge in [0.1, 0.15) is 10.9 Å². The van der Waals surface area contributed by atoms with Crippen LogP contribution in [0.25, 0.3) is 0 Å². The van der Waals surface area contributed by atoms with Crippen molar-refractivity contribution in [3.05, 3.63) is 16.5 Å². The molecule has 0 saturated heterocycles. The highest BCUT2D eigenvalue weighted by atomic mass is 79.9. The molecule has 0 aliphatic heterocycles. The molecule has 0 unspecified atom stereocenters. The molecule has 2 aromatic rings. The number of rotatable bonds is 5. The second-order valence-electron chi connectivity index (χ2n) is 3.48. The predicted molar refractivity (Wildman–Crippen MR) is 77.3 cm³/mol. The van der Waals surface area contributed by atoms with Crippen LogP contribution in [-0.4, -0.2) is 25.9 Å². The predicted octanol–water partition coefficient (Wildman–Crippen LogP) is 3.37. The molecule has 5 nitrogen and oxygen atoms in total. The van der Waals surface area contributed by atoms with Crippen LogP contribution in [0.1, 0.15) is 19.2 Å². The van der Waals surface area contributed by atoms with Crippen molar-refractivity contribution in [2.24, 2.45) is 0 Å². The van der Waals surface area contributed by atoms with Crippen LogP contribution < -0.4 is 5.32 Å². The molecule has 1 N–H and O–H groups in total. The summed E-state index contributed by atoms with van der Waals surface area (Å²) in [6.07, 6.45) is 2.79. The molecule has 2 heterocycles. The van der Waals surface area contributed by atoms with E-state index in [4.69, 9.17) is 0 Å². The van der Waals surface area contributed by atoms with Gasteiger partial charge < -0.3 is 5.32 Å². The van der Waals surface area contributed by atoms with Crippen LogP contribution in [0.4, 0.5) is 5.95 Å². The van der Waals surface area contributed by atoms with Crippen LogP contribution in [0.5, 0.6) is 0 Å². The molecule has 2 rings (SSSR count). The van der Waals surface area contributed by atoms with Crippen molar-refractivity contribution in [2.45, 2.75) is 29.6 Å². The Morgan fingerprint density at radius 3 is 2.94 bits per heavy atom. The Labute approximate surface area is 122 Å². The van der Waals surface area contributed by atoms with E-state index < -0.39 is 0 Å². The van der Waals surface area contributed by atoms with Gasteiger partial charge in [-0.05, 0) is 52.6 Å². The fourth-order valence-corrected chi connectivity index (χ4v) is 3.13. The summed E-state index contributed by atoms with van der Waals surface area (Å²) in [5.74, 6) is 1.43. The Hall–Kier alpha value is -0.730. The number of nitrogens with zero attached hydrogens (tertiary/aromatic N) is 4. The van der Waals surface area contributed by atoms with Crippen LogP contribution in [0, 0.1) is 6.92 Å². The molecule has 2 aromatic heterocycles. The Morgan fingerprint density at radius 1 is 1.44 bits per heavy atom. The van der Waals surface area contributed by atoms with Crippen molar-refractivity contribution in [2.75, 3.05) is 11.9 Å². The summed E-state index contributed by atoms with van der Waals surface area (Å²) in [5.41, 5.74) is 0. The molecule has 0 fully saturated rings. The lowest BCUT2D eigenvalue weighted by molar-refractivity contribution is 0.930. The minimum absolute atomic E-state index is 0.642. The van der Waals surface area contributed by atoms with Crippen LogP contribution in [-0.2, 0) is 0 Å². The number of halogens is 1. The lowest BCUT2D eigenvalue weighted by Gasteiger charge is -2.05. The highest BCUT2D eigenvalue weighted by Gasteiger charge is 2.10. The van der Waals surface area contributed by atoms with Crippen LogP contribution in [0.15, 0.2) is 20.0 Å². The maximum atomic E-state index is 4.45. The zero-order chi connectivity index (χ0) is 13.0. The number of aromatic nitrogens is 4. The van der Waals surface area contributed by atoms with E-state index in [1.165, 1.54) is 23.3 Å². The Kier molecular flexibility index (Phi) is 4.90. The fourth-order valence-electron chi connectivity index (χ4n) is 1.15. The van der Waals surface area contributed by atoms with Gasteiger partial charge in [-0.1, -0.05) is 6.92 Å². The summed E-state index contributed by atoms with van der Waals surface area (Å²) in [6.45, 7) is 4.85. The van der Waals surface area contributed by atoms with Crippen LogP contribution >= 0.6 is 39.2 Å². The van der Waals surface area contributed by atoms with E-state index in [2.05, 4.69) is 47.5 Å². The molecule has 0 atom stereocenters. The number of nitrogens with one attached hydrogen (secondary N) is 1. The number of aryl methyl sites for hydroxylation is 1. The molecule has 96 valence electrons. The van der Waals surface area contributed by atoms with E-state index in [9.17, 15) is 0 Å². The smallest absolute Gasteiger partial charge is 0.223 e. The van der Waals surface area contributed by atoms with Crippen LogP contribution in [0.3, 0.4) is 0 Å². The fraction of sp³-hybridized carbons (Fsp3) is 0.400. The van der Waals surface area contributed by atoms with Gasteiger partial charge in [0.25, 0.3) is 0 Å². The Bertz CT molecular complexity index is 531. The molecule has 0 aliphatic rings. The lowest BCUT2D eigenvalue weighted by Crippen LogP contribution is -2.04. The monoisotopic (exact) mass is 345 g/mol. The SMILES string of the molecule is CCCNc1ncc(Br)c(Sc2nc(C)ns2)n1. The molecule has 0 radical (unpaired) electrons. The van der Waals surface area contributed by atoms with Gasteiger partial charge in [0, 0.05) is 12.7 Å². The topological polar surface area (TPSA) is 63.6 Å². The summed E-state index contributed by atoms with van der Waals surface area (Å²) in [4.78, 5) is 13.0. The summed E-state index contributed by atoms with van der Waals surface area (Å²) in [6, 6.07) is 0. The van der Waals surface area contributed by atoms with Crippen molar-refractivity contribution >= 4 is 45.2 Å². The van der Waals surface area contributed by atoms with Gasteiger partial charge >= 0.3 is 0 Å². The largest absolute Gasteiger partial charge is 0.354 e. The van der Waals surface area contributed by atoms with Crippen molar-refractivity contribution in [1.82, 2.24) is 19.3 Å². The lowest BCUT2D eigenvalue weighted by atomic mass is 10.5. The van der Waals surface area contributed by atoms with Crippen molar-refractivity contribution in [1.29, 1.82) is 0 Å².